The van der Waals surface area contributed by atoms with Gasteiger partial charge in [0.15, 0.2) is 5.16 Å². The van der Waals surface area contributed by atoms with Crippen LogP contribution in [0.25, 0.3) is 0 Å². The Morgan fingerprint density at radius 1 is 1.35 bits per heavy atom. The SMILES string of the molecule is Cc1ccccc1NC(=O)C(C)Sc1ncnc(N)n1. The molecule has 0 radical (unpaired) electrons. The largest absolute Gasteiger partial charge is 0.368 e. The molecule has 1 aromatic carbocycles. The molecule has 20 heavy (non-hydrogen) atoms. The topological polar surface area (TPSA) is 93.8 Å². The monoisotopic (exact) mass is 289 g/mol. The number of anilines is 2. The van der Waals surface area contributed by atoms with E-state index in [9.17, 15) is 4.79 Å². The highest BCUT2D eigenvalue weighted by atomic mass is 32.2. The first kappa shape index (κ1) is 14.3. The van der Waals surface area contributed by atoms with Crippen LogP contribution in [-0.4, -0.2) is 26.1 Å². The molecule has 1 atom stereocenters. The molecule has 6 nitrogen and oxygen atoms in total. The molecule has 1 heterocycles. The van der Waals surface area contributed by atoms with E-state index in [-0.39, 0.29) is 17.1 Å². The predicted molar refractivity (Wildman–Crippen MR) is 79.4 cm³/mol. The van der Waals surface area contributed by atoms with E-state index in [4.69, 9.17) is 5.73 Å². The van der Waals surface area contributed by atoms with Crippen LogP contribution in [0.1, 0.15) is 12.5 Å². The molecule has 0 spiro atoms. The van der Waals surface area contributed by atoms with Crippen LogP contribution in [0.2, 0.25) is 0 Å². The van der Waals surface area contributed by atoms with Gasteiger partial charge >= 0.3 is 0 Å². The fourth-order valence-electron chi connectivity index (χ4n) is 1.51. The maximum Gasteiger partial charge on any atom is 0.237 e. The van der Waals surface area contributed by atoms with Gasteiger partial charge in [-0.05, 0) is 25.5 Å². The van der Waals surface area contributed by atoms with Crippen LogP contribution in [0.3, 0.4) is 0 Å². The standard InChI is InChI=1S/C13H15N5OS/c1-8-5-3-4-6-10(8)17-11(19)9(2)20-13-16-7-15-12(14)18-13/h3-7,9H,1-2H3,(H,17,19)(H2,14,15,16,18). The Morgan fingerprint density at radius 3 is 2.80 bits per heavy atom. The van der Waals surface area contributed by atoms with Crippen molar-refractivity contribution in [1.29, 1.82) is 0 Å². The molecule has 0 aliphatic rings. The maximum absolute atomic E-state index is 12.1. The van der Waals surface area contributed by atoms with Crippen LogP contribution < -0.4 is 11.1 Å². The molecular weight excluding hydrogens is 274 g/mol. The summed E-state index contributed by atoms with van der Waals surface area (Å²) in [5.41, 5.74) is 7.30. The third-order valence-electron chi connectivity index (χ3n) is 2.62. The minimum absolute atomic E-state index is 0.108. The lowest BCUT2D eigenvalue weighted by atomic mass is 10.2. The Bertz CT molecular complexity index is 619. The lowest BCUT2D eigenvalue weighted by molar-refractivity contribution is -0.115. The van der Waals surface area contributed by atoms with Crippen LogP contribution in [-0.2, 0) is 4.79 Å². The van der Waals surface area contributed by atoms with Gasteiger partial charge in [-0.15, -0.1) is 0 Å². The molecule has 2 rings (SSSR count). The number of aromatic nitrogens is 3. The molecule has 2 aromatic rings. The molecule has 0 aliphatic heterocycles. The minimum atomic E-state index is -0.337. The number of nitrogens with one attached hydrogen (secondary N) is 1. The number of nitrogen functional groups attached to an aromatic ring is 1. The summed E-state index contributed by atoms with van der Waals surface area (Å²) in [5.74, 6) is 0.0392. The number of thioether (sulfide) groups is 1. The summed E-state index contributed by atoms with van der Waals surface area (Å²) < 4.78 is 0. The number of amides is 1. The molecule has 0 saturated heterocycles. The third-order valence-corrected chi connectivity index (χ3v) is 3.60. The number of rotatable bonds is 4. The number of nitrogens with zero attached hydrogens (tertiary/aromatic N) is 3. The fourth-order valence-corrected chi connectivity index (χ4v) is 2.25. The van der Waals surface area contributed by atoms with Gasteiger partial charge in [-0.3, -0.25) is 4.79 Å². The van der Waals surface area contributed by atoms with Gasteiger partial charge in [0.05, 0.1) is 5.25 Å². The van der Waals surface area contributed by atoms with Gasteiger partial charge in [0.25, 0.3) is 0 Å². The van der Waals surface area contributed by atoms with E-state index in [2.05, 4.69) is 20.3 Å². The zero-order valence-electron chi connectivity index (χ0n) is 11.2. The highest BCUT2D eigenvalue weighted by Crippen LogP contribution is 2.21. The molecule has 1 aromatic heterocycles. The highest BCUT2D eigenvalue weighted by Gasteiger charge is 2.16. The van der Waals surface area contributed by atoms with Crippen molar-refractivity contribution in [2.45, 2.75) is 24.3 Å². The number of carbonyl (C=O) groups excluding carboxylic acids is 1. The number of nitrogens with two attached hydrogens (primary N) is 1. The Kier molecular flexibility index (Phi) is 4.52. The van der Waals surface area contributed by atoms with E-state index in [1.54, 1.807) is 6.92 Å². The first-order valence-electron chi connectivity index (χ1n) is 6.04. The summed E-state index contributed by atoms with van der Waals surface area (Å²) in [7, 11) is 0. The van der Waals surface area contributed by atoms with Crippen molar-refractivity contribution in [2.75, 3.05) is 11.1 Å². The Morgan fingerprint density at radius 2 is 2.10 bits per heavy atom. The molecule has 0 aliphatic carbocycles. The zero-order valence-corrected chi connectivity index (χ0v) is 12.0. The van der Waals surface area contributed by atoms with Gasteiger partial charge in [0.2, 0.25) is 11.9 Å². The second-order valence-electron chi connectivity index (χ2n) is 4.19. The van der Waals surface area contributed by atoms with Crippen molar-refractivity contribution in [3.63, 3.8) is 0 Å². The van der Waals surface area contributed by atoms with E-state index in [1.165, 1.54) is 18.1 Å². The van der Waals surface area contributed by atoms with Gasteiger partial charge in [-0.25, -0.2) is 9.97 Å². The van der Waals surface area contributed by atoms with Crippen molar-refractivity contribution in [3.8, 4) is 0 Å². The van der Waals surface area contributed by atoms with Crippen molar-refractivity contribution >= 4 is 29.3 Å². The van der Waals surface area contributed by atoms with Crippen molar-refractivity contribution in [3.05, 3.63) is 36.2 Å². The predicted octanol–water partition coefficient (Wildman–Crippen LogP) is 1.88. The Hall–Kier alpha value is -2.15. The number of para-hydroxylation sites is 1. The molecule has 7 heteroatoms. The molecule has 104 valence electrons. The van der Waals surface area contributed by atoms with Crippen molar-refractivity contribution in [1.82, 2.24) is 15.0 Å². The van der Waals surface area contributed by atoms with Gasteiger partial charge in [-0.2, -0.15) is 4.98 Å². The first-order valence-corrected chi connectivity index (χ1v) is 6.92. The summed E-state index contributed by atoms with van der Waals surface area (Å²) >= 11 is 1.24. The van der Waals surface area contributed by atoms with E-state index in [1.807, 2.05) is 31.2 Å². The van der Waals surface area contributed by atoms with E-state index in [0.717, 1.165) is 11.3 Å². The summed E-state index contributed by atoms with van der Waals surface area (Å²) in [6.07, 6.45) is 1.33. The Balaban J connectivity index is 2.01. The fraction of sp³-hybridized carbons (Fsp3) is 0.231. The van der Waals surface area contributed by atoms with Gasteiger partial charge in [-0.1, -0.05) is 30.0 Å². The van der Waals surface area contributed by atoms with Gasteiger partial charge < -0.3 is 11.1 Å². The number of carbonyl (C=O) groups is 1. The maximum atomic E-state index is 12.1. The van der Waals surface area contributed by atoms with E-state index >= 15 is 0 Å². The molecule has 3 N–H and O–H groups in total. The summed E-state index contributed by atoms with van der Waals surface area (Å²) in [6.45, 7) is 3.73. The molecule has 0 fully saturated rings. The van der Waals surface area contributed by atoms with Crippen LogP contribution >= 0.6 is 11.8 Å². The number of benzene rings is 1. The summed E-state index contributed by atoms with van der Waals surface area (Å²) in [6, 6.07) is 7.62. The molecule has 0 saturated carbocycles. The van der Waals surface area contributed by atoms with Crippen molar-refractivity contribution in [2.24, 2.45) is 0 Å². The first-order chi connectivity index (χ1) is 9.56. The average Bonchev–Trinajstić information content (AvgIpc) is 2.41. The smallest absolute Gasteiger partial charge is 0.237 e. The normalized spacial score (nSPS) is 11.9. The van der Waals surface area contributed by atoms with E-state index < -0.39 is 0 Å². The van der Waals surface area contributed by atoms with Crippen LogP contribution in [0.4, 0.5) is 11.6 Å². The minimum Gasteiger partial charge on any atom is -0.368 e. The van der Waals surface area contributed by atoms with Crippen LogP contribution in [0.5, 0.6) is 0 Å². The molecule has 1 unspecified atom stereocenters. The molecular formula is C13H15N5OS. The average molecular weight is 289 g/mol. The number of hydrogen-bond donors (Lipinski definition) is 2. The van der Waals surface area contributed by atoms with Gasteiger partial charge in [0, 0.05) is 5.69 Å². The van der Waals surface area contributed by atoms with Gasteiger partial charge in [0.1, 0.15) is 6.33 Å². The highest BCUT2D eigenvalue weighted by molar-refractivity contribution is 8.00. The van der Waals surface area contributed by atoms with Crippen molar-refractivity contribution < 1.29 is 4.79 Å². The van der Waals surface area contributed by atoms with E-state index in [0.29, 0.717) is 5.16 Å². The zero-order chi connectivity index (χ0) is 14.5. The molecule has 0 bridgehead atoms. The van der Waals surface area contributed by atoms with Crippen LogP contribution in [0, 0.1) is 6.92 Å². The summed E-state index contributed by atoms with van der Waals surface area (Å²) in [5, 5.41) is 2.98. The third kappa shape index (κ3) is 3.67. The second kappa shape index (κ2) is 6.33. The Labute approximate surface area is 121 Å². The second-order valence-corrected chi connectivity index (χ2v) is 5.50. The molecule has 1 amide bonds. The number of hydrogen-bond acceptors (Lipinski definition) is 6. The lowest BCUT2D eigenvalue weighted by Gasteiger charge is -2.12. The lowest BCUT2D eigenvalue weighted by Crippen LogP contribution is -2.23. The van der Waals surface area contributed by atoms with Crippen LogP contribution in [0.15, 0.2) is 35.7 Å². The number of aryl methyl sites for hydroxylation is 1. The summed E-state index contributed by atoms with van der Waals surface area (Å²) in [4.78, 5) is 23.8. The quantitative estimate of drug-likeness (QED) is 0.835.